The van der Waals surface area contributed by atoms with Gasteiger partial charge in [-0.1, -0.05) is 37.1 Å². The van der Waals surface area contributed by atoms with Crippen LogP contribution >= 0.6 is 0 Å². The third-order valence-corrected chi connectivity index (χ3v) is 6.53. The smallest absolute Gasteiger partial charge is 0.320 e. The molecule has 2 aromatic heterocycles. The summed E-state index contributed by atoms with van der Waals surface area (Å²) in [6.45, 7) is 4.95. The van der Waals surface area contributed by atoms with E-state index in [-0.39, 0.29) is 0 Å². The summed E-state index contributed by atoms with van der Waals surface area (Å²) in [5.41, 5.74) is 9.67. The van der Waals surface area contributed by atoms with Crippen molar-refractivity contribution >= 4 is 16.9 Å². The number of likely N-dealkylation sites (tertiary alicyclic amines) is 1. The lowest BCUT2D eigenvalue weighted by Crippen LogP contribution is -2.18. The normalized spacial score (nSPS) is 17.9. The first kappa shape index (κ1) is 19.4. The van der Waals surface area contributed by atoms with Crippen molar-refractivity contribution in [2.24, 2.45) is 5.92 Å². The fourth-order valence-electron chi connectivity index (χ4n) is 4.77. The van der Waals surface area contributed by atoms with Gasteiger partial charge in [-0.05, 0) is 61.9 Å². The average molecular weight is 406 g/mol. The number of anilines is 1. The highest BCUT2D eigenvalue weighted by atomic mass is 16.5. The van der Waals surface area contributed by atoms with Gasteiger partial charge in [0, 0.05) is 19.3 Å². The van der Waals surface area contributed by atoms with Crippen molar-refractivity contribution < 1.29 is 4.74 Å². The van der Waals surface area contributed by atoms with Crippen LogP contribution < -0.4 is 10.5 Å². The molecule has 30 heavy (non-hydrogen) atoms. The molecule has 0 atom stereocenters. The van der Waals surface area contributed by atoms with Crippen LogP contribution in [0.1, 0.15) is 49.7 Å². The predicted molar refractivity (Wildman–Crippen MR) is 119 cm³/mol. The molecule has 1 aliphatic heterocycles. The number of ether oxygens (including phenoxy) is 1. The molecule has 6 heteroatoms. The van der Waals surface area contributed by atoms with Crippen LogP contribution in [0.2, 0.25) is 0 Å². The van der Waals surface area contributed by atoms with Crippen LogP contribution in [0.3, 0.4) is 0 Å². The summed E-state index contributed by atoms with van der Waals surface area (Å²) < 4.78 is 8.04. The lowest BCUT2D eigenvalue weighted by Gasteiger charge is -2.15. The van der Waals surface area contributed by atoms with Crippen LogP contribution in [0.15, 0.2) is 36.5 Å². The molecule has 1 saturated heterocycles. The molecule has 5 rings (SSSR count). The van der Waals surface area contributed by atoms with Crippen molar-refractivity contribution in [2.45, 2.75) is 51.6 Å². The molecule has 2 aliphatic rings. The zero-order chi connectivity index (χ0) is 20.3. The van der Waals surface area contributed by atoms with E-state index >= 15 is 0 Å². The fraction of sp³-hybridized carbons (Fsp3) is 0.500. The molecule has 2 N–H and O–H groups in total. The highest BCUT2D eigenvalue weighted by Crippen LogP contribution is 2.27. The van der Waals surface area contributed by atoms with E-state index in [1.165, 1.54) is 62.7 Å². The van der Waals surface area contributed by atoms with E-state index in [1.807, 2.05) is 12.3 Å². The topological polar surface area (TPSA) is 69.2 Å². The van der Waals surface area contributed by atoms with Gasteiger partial charge >= 0.3 is 6.01 Å². The molecular weight excluding hydrogens is 374 g/mol. The summed E-state index contributed by atoms with van der Waals surface area (Å²) >= 11 is 0. The van der Waals surface area contributed by atoms with Crippen molar-refractivity contribution in [2.75, 3.05) is 25.4 Å². The molecule has 158 valence electrons. The summed E-state index contributed by atoms with van der Waals surface area (Å²) in [6, 6.07) is 11.3. The predicted octanol–water partition coefficient (Wildman–Crippen LogP) is 4.23. The minimum Gasteiger partial charge on any atom is -0.463 e. The minimum atomic E-state index is 0.396. The number of nitrogens with zero attached hydrogens (tertiary/aromatic N) is 4. The van der Waals surface area contributed by atoms with Gasteiger partial charge in [0.15, 0.2) is 0 Å². The van der Waals surface area contributed by atoms with Crippen LogP contribution in [0.4, 0.5) is 5.82 Å². The second kappa shape index (κ2) is 8.64. The van der Waals surface area contributed by atoms with Crippen molar-refractivity contribution in [1.29, 1.82) is 0 Å². The maximum absolute atomic E-state index is 6.20. The van der Waals surface area contributed by atoms with E-state index in [2.05, 4.69) is 43.7 Å². The van der Waals surface area contributed by atoms with Gasteiger partial charge in [-0.3, -0.25) is 4.90 Å². The molecule has 1 aromatic carbocycles. The zero-order valence-corrected chi connectivity index (χ0v) is 17.6. The zero-order valence-electron chi connectivity index (χ0n) is 17.6. The third kappa shape index (κ3) is 4.29. The van der Waals surface area contributed by atoms with E-state index in [0.717, 1.165) is 24.1 Å². The number of aromatic nitrogens is 3. The number of fused-ring (bicyclic) bond motifs is 1. The van der Waals surface area contributed by atoms with Crippen LogP contribution in [0.25, 0.3) is 11.0 Å². The molecule has 0 radical (unpaired) electrons. The summed E-state index contributed by atoms with van der Waals surface area (Å²) in [5, 5.41) is 0.883. The molecule has 1 aliphatic carbocycles. The van der Waals surface area contributed by atoms with Gasteiger partial charge in [0.1, 0.15) is 11.5 Å². The van der Waals surface area contributed by atoms with Crippen LogP contribution in [0, 0.1) is 5.92 Å². The monoisotopic (exact) mass is 405 g/mol. The summed E-state index contributed by atoms with van der Waals surface area (Å²) in [4.78, 5) is 11.6. The Balaban J connectivity index is 1.29. The summed E-state index contributed by atoms with van der Waals surface area (Å²) in [5.74, 6) is 1.11. The number of hydrogen-bond donors (Lipinski definition) is 1. The minimum absolute atomic E-state index is 0.396. The number of rotatable bonds is 7. The number of nitrogens with two attached hydrogens (primary N) is 1. The molecule has 1 saturated carbocycles. The standard InChI is InChI=1S/C24H31N5O/c25-22-21-11-14-29(23(21)27-24(26-22)30-17-20-5-1-2-6-20)16-19-9-7-18(8-10-19)15-28-12-3-4-13-28/h7-11,14,20H,1-6,12-13,15-17H2,(H2,25,26,27). The Morgan fingerprint density at radius 3 is 2.33 bits per heavy atom. The number of benzene rings is 1. The number of hydrogen-bond acceptors (Lipinski definition) is 5. The molecule has 0 amide bonds. The van der Waals surface area contributed by atoms with Gasteiger partial charge in [0.25, 0.3) is 0 Å². The Morgan fingerprint density at radius 2 is 1.60 bits per heavy atom. The van der Waals surface area contributed by atoms with Crippen molar-refractivity contribution in [3.05, 3.63) is 47.7 Å². The highest BCUT2D eigenvalue weighted by Gasteiger charge is 2.17. The quantitative estimate of drug-likeness (QED) is 0.637. The molecule has 0 spiro atoms. The second-order valence-electron chi connectivity index (χ2n) is 8.83. The van der Waals surface area contributed by atoms with Crippen LogP contribution in [0.5, 0.6) is 6.01 Å². The van der Waals surface area contributed by atoms with E-state index < -0.39 is 0 Å². The van der Waals surface area contributed by atoms with E-state index in [9.17, 15) is 0 Å². The average Bonchev–Trinajstić information content (AvgIpc) is 3.51. The Hall–Kier alpha value is -2.60. The molecule has 2 fully saturated rings. The lowest BCUT2D eigenvalue weighted by molar-refractivity contribution is 0.235. The van der Waals surface area contributed by atoms with Gasteiger partial charge in [-0.15, -0.1) is 0 Å². The molecule has 6 nitrogen and oxygen atoms in total. The molecule has 0 unspecified atom stereocenters. The first-order chi connectivity index (χ1) is 14.7. The molecule has 0 bridgehead atoms. The van der Waals surface area contributed by atoms with E-state index in [1.54, 1.807) is 0 Å². The molecule has 3 heterocycles. The van der Waals surface area contributed by atoms with E-state index in [4.69, 9.17) is 10.5 Å². The molecule has 3 aromatic rings. The maximum atomic E-state index is 6.20. The maximum Gasteiger partial charge on any atom is 0.320 e. The van der Waals surface area contributed by atoms with E-state index in [0.29, 0.717) is 24.4 Å². The Bertz CT molecular complexity index is 985. The van der Waals surface area contributed by atoms with Gasteiger partial charge < -0.3 is 15.0 Å². The van der Waals surface area contributed by atoms with Gasteiger partial charge in [-0.25, -0.2) is 0 Å². The van der Waals surface area contributed by atoms with Crippen LogP contribution in [-0.2, 0) is 13.1 Å². The SMILES string of the molecule is Nc1nc(OCC2CCCC2)nc2c1ccn2Cc1ccc(CN2CCCC2)cc1. The second-order valence-corrected chi connectivity index (χ2v) is 8.83. The van der Waals surface area contributed by atoms with Gasteiger partial charge in [0.2, 0.25) is 0 Å². The summed E-state index contributed by atoms with van der Waals surface area (Å²) in [6.07, 6.45) is 9.77. The highest BCUT2D eigenvalue weighted by molar-refractivity contribution is 5.86. The Labute approximate surface area is 178 Å². The molecular formula is C24H31N5O. The fourth-order valence-corrected chi connectivity index (χ4v) is 4.77. The largest absolute Gasteiger partial charge is 0.463 e. The Kier molecular flexibility index (Phi) is 5.58. The lowest BCUT2D eigenvalue weighted by atomic mass is 10.1. The first-order valence-corrected chi connectivity index (χ1v) is 11.3. The van der Waals surface area contributed by atoms with Crippen LogP contribution in [-0.4, -0.2) is 39.1 Å². The summed E-state index contributed by atoms with van der Waals surface area (Å²) in [7, 11) is 0. The van der Waals surface area contributed by atoms with Gasteiger partial charge in [-0.2, -0.15) is 9.97 Å². The van der Waals surface area contributed by atoms with Crippen molar-refractivity contribution in [1.82, 2.24) is 19.4 Å². The third-order valence-electron chi connectivity index (χ3n) is 6.53. The first-order valence-electron chi connectivity index (χ1n) is 11.3. The van der Waals surface area contributed by atoms with Crippen molar-refractivity contribution in [3.8, 4) is 6.01 Å². The van der Waals surface area contributed by atoms with Crippen molar-refractivity contribution in [3.63, 3.8) is 0 Å². The Morgan fingerprint density at radius 1 is 0.900 bits per heavy atom. The number of nitrogen functional groups attached to an aromatic ring is 1. The van der Waals surface area contributed by atoms with Gasteiger partial charge in [0.05, 0.1) is 12.0 Å².